The molecule has 0 fully saturated rings. The second kappa shape index (κ2) is 12.5. The maximum atomic E-state index is 3.64. The van der Waals surface area contributed by atoms with Crippen molar-refractivity contribution in [3.8, 4) is 23.7 Å². The lowest BCUT2D eigenvalue weighted by Crippen LogP contribution is -2.00. The molecule has 4 aromatic carbocycles. The molecule has 0 amide bonds. The van der Waals surface area contributed by atoms with E-state index in [0.29, 0.717) is 0 Å². The Kier molecular flexibility index (Phi) is 7.76. The number of hydrogen-bond acceptors (Lipinski definition) is 4. The minimum atomic E-state index is 1.01. The number of rotatable bonds is 0. The van der Waals surface area contributed by atoms with E-state index in [-0.39, 0.29) is 0 Å². The number of benzene rings is 4. The lowest BCUT2D eigenvalue weighted by molar-refractivity contribution is 1.03. The first-order valence-corrected chi connectivity index (χ1v) is 21.3. The molecule has 3 aliphatic rings. The van der Waals surface area contributed by atoms with E-state index in [1.54, 1.807) is 65.8 Å². The molecule has 3 aliphatic carbocycles. The van der Waals surface area contributed by atoms with Gasteiger partial charge in [-0.15, -0.1) is 45.3 Å². The van der Waals surface area contributed by atoms with Crippen LogP contribution < -0.4 is 0 Å². The molecule has 4 aromatic heterocycles. The van der Waals surface area contributed by atoms with Crippen molar-refractivity contribution in [2.24, 2.45) is 0 Å². The molecule has 238 valence electrons. The quantitative estimate of drug-likeness (QED) is 0.133. The number of halogens is 2. The summed E-state index contributed by atoms with van der Waals surface area (Å²) in [5.74, 6) is 12.3. The van der Waals surface area contributed by atoms with E-state index in [2.05, 4.69) is 128 Å². The van der Waals surface area contributed by atoms with Crippen molar-refractivity contribution in [3.63, 3.8) is 0 Å². The summed E-state index contributed by atoms with van der Waals surface area (Å²) in [6.07, 6.45) is 4.75. The zero-order valence-corrected chi connectivity index (χ0v) is 32.9. The average Bonchev–Trinajstić information content (AvgIpc) is 3.98. The van der Waals surface area contributed by atoms with Crippen LogP contribution in [0.25, 0.3) is 51.5 Å². The first-order chi connectivity index (χ1) is 24.6. The van der Waals surface area contributed by atoms with Crippen molar-refractivity contribution in [3.05, 3.63) is 148 Å². The minimum Gasteiger partial charge on any atom is -0.135 e. The van der Waals surface area contributed by atoms with E-state index in [9.17, 15) is 0 Å². The molecule has 0 N–H and O–H groups in total. The summed E-state index contributed by atoms with van der Waals surface area (Å²) in [6, 6.07) is 34.5. The summed E-state index contributed by atoms with van der Waals surface area (Å²) in [4.78, 5) is 5.21. The molecule has 0 unspecified atom stereocenters. The van der Waals surface area contributed by atoms with E-state index in [4.69, 9.17) is 0 Å². The van der Waals surface area contributed by atoms with Gasteiger partial charge in [-0.1, -0.05) is 72.8 Å². The van der Waals surface area contributed by atoms with Crippen LogP contribution >= 0.6 is 77.2 Å². The number of allylic oxidation sites excluding steroid dienone is 4. The van der Waals surface area contributed by atoms with Gasteiger partial charge in [-0.25, -0.2) is 0 Å². The first kappa shape index (κ1) is 31.1. The maximum Gasteiger partial charge on any atom is 0.0933 e. The first-order valence-electron chi connectivity index (χ1n) is 16.4. The molecule has 0 nitrogen and oxygen atoms in total. The van der Waals surface area contributed by atoms with Gasteiger partial charge in [0.05, 0.1) is 18.7 Å². The third kappa shape index (κ3) is 5.04. The van der Waals surface area contributed by atoms with Crippen molar-refractivity contribution in [2.45, 2.75) is 25.7 Å². The lowest BCUT2D eigenvalue weighted by atomic mass is 9.88. The van der Waals surface area contributed by atoms with Gasteiger partial charge in [0.2, 0.25) is 0 Å². The third-order valence-electron chi connectivity index (χ3n) is 9.85. The van der Waals surface area contributed by atoms with Crippen molar-refractivity contribution in [1.82, 2.24) is 0 Å². The number of fused-ring (bicyclic) bond motifs is 11. The third-order valence-corrected chi connectivity index (χ3v) is 16.7. The Labute approximate surface area is 323 Å². The minimum absolute atomic E-state index is 1.01. The Morgan fingerprint density at radius 3 is 1.18 bits per heavy atom. The summed E-state index contributed by atoms with van der Waals surface area (Å²) >= 11 is 14.7. The Bertz CT molecular complexity index is 2720. The summed E-state index contributed by atoms with van der Waals surface area (Å²) in [5, 5.41) is 5.38. The number of hydrogen-bond donors (Lipinski definition) is 0. The Hall–Kier alpha value is -3.72. The zero-order chi connectivity index (χ0) is 33.3. The summed E-state index contributed by atoms with van der Waals surface area (Å²) in [5.41, 5.74) is 9.88. The fraction of sp³-hybridized carbons (Fsp3) is 0.0909. The van der Waals surface area contributed by atoms with Crippen molar-refractivity contribution < 1.29 is 0 Å². The van der Waals surface area contributed by atoms with Gasteiger partial charge in [-0.3, -0.25) is 0 Å². The summed E-state index contributed by atoms with van der Waals surface area (Å²) in [7, 11) is 0. The molecular weight excluding hydrogens is 817 g/mol. The Balaban J connectivity index is 0.000000127. The molecular formula is C44H24Br2S4. The van der Waals surface area contributed by atoms with E-state index < -0.39 is 0 Å². The highest BCUT2D eigenvalue weighted by molar-refractivity contribution is 9.11. The fourth-order valence-electron chi connectivity index (χ4n) is 7.60. The van der Waals surface area contributed by atoms with Crippen LogP contribution in [0.4, 0.5) is 0 Å². The van der Waals surface area contributed by atoms with Gasteiger partial charge < -0.3 is 0 Å². The van der Waals surface area contributed by atoms with Gasteiger partial charge in [0.15, 0.2) is 0 Å². The van der Waals surface area contributed by atoms with Gasteiger partial charge in [-0.05, 0) is 137 Å². The van der Waals surface area contributed by atoms with Crippen LogP contribution in [0.2, 0.25) is 0 Å². The highest BCUT2D eigenvalue weighted by Crippen LogP contribution is 2.56. The van der Waals surface area contributed by atoms with Gasteiger partial charge in [0, 0.05) is 52.2 Å². The van der Waals surface area contributed by atoms with E-state index >= 15 is 0 Å². The number of thiophene rings is 4. The molecule has 0 spiro atoms. The largest absolute Gasteiger partial charge is 0.135 e. The second-order valence-electron chi connectivity index (χ2n) is 12.6. The van der Waals surface area contributed by atoms with Crippen LogP contribution in [0, 0.1) is 23.7 Å². The summed E-state index contributed by atoms with van der Waals surface area (Å²) in [6.45, 7) is 0. The molecule has 0 saturated carbocycles. The molecule has 11 rings (SSSR count). The molecule has 4 heterocycles. The van der Waals surface area contributed by atoms with Crippen molar-refractivity contribution >= 4 is 129 Å². The standard InChI is InChI=1S/C24H16S2.C20H8Br2S2/c1-3-7-21-13(5-1)19-11-17-15(23(19)25-21)9-10-16-18(17)12-20-14-6-2-4-8-22(14)26-24(16)20;21-19-13-7-1-3-9-15(13)23-17(19)11-5-6-12-18-20(22)14-8-2-4-10-16(14)24-18/h1-8H,9-12H2;1-4,7-10H. The molecule has 0 bridgehead atoms. The van der Waals surface area contributed by atoms with Crippen LogP contribution in [-0.4, -0.2) is 0 Å². The Morgan fingerprint density at radius 1 is 0.420 bits per heavy atom. The monoisotopic (exact) mass is 838 g/mol. The van der Waals surface area contributed by atoms with Crippen LogP contribution in [0.3, 0.4) is 0 Å². The lowest BCUT2D eigenvalue weighted by Gasteiger charge is -2.18. The predicted octanol–water partition coefficient (Wildman–Crippen LogP) is 14.3. The predicted molar refractivity (Wildman–Crippen MR) is 227 cm³/mol. The topological polar surface area (TPSA) is 0 Å². The smallest absolute Gasteiger partial charge is 0.0933 e. The van der Waals surface area contributed by atoms with Gasteiger partial charge in [0.1, 0.15) is 0 Å². The van der Waals surface area contributed by atoms with Crippen LogP contribution in [0.5, 0.6) is 0 Å². The highest BCUT2D eigenvalue weighted by atomic mass is 79.9. The highest BCUT2D eigenvalue weighted by Gasteiger charge is 2.36. The molecule has 8 aromatic rings. The van der Waals surface area contributed by atoms with Gasteiger partial charge in [-0.2, -0.15) is 0 Å². The van der Waals surface area contributed by atoms with Crippen molar-refractivity contribution in [2.75, 3.05) is 0 Å². The van der Waals surface area contributed by atoms with E-state index in [1.807, 2.05) is 46.9 Å². The molecule has 50 heavy (non-hydrogen) atoms. The fourth-order valence-corrected chi connectivity index (χ4v) is 13.8. The Morgan fingerprint density at radius 2 is 0.780 bits per heavy atom. The SMILES string of the molecule is Brc1c(C#CC#Cc2sc3ccccc3c2Br)sc2ccccc12.c1ccc2c3c(sc2c1)C1=C(C3)C2=C(CC1)c1sc3ccccc3c1C2. The van der Waals surface area contributed by atoms with E-state index in [1.165, 1.54) is 53.2 Å². The van der Waals surface area contributed by atoms with Crippen LogP contribution in [0.1, 0.15) is 43.5 Å². The molecule has 0 radical (unpaired) electrons. The zero-order valence-electron chi connectivity index (χ0n) is 26.5. The van der Waals surface area contributed by atoms with Crippen LogP contribution in [0.15, 0.2) is 117 Å². The van der Waals surface area contributed by atoms with Crippen molar-refractivity contribution in [1.29, 1.82) is 0 Å². The van der Waals surface area contributed by atoms with E-state index in [0.717, 1.165) is 31.5 Å². The summed E-state index contributed by atoms with van der Waals surface area (Å²) < 4.78 is 7.49. The second-order valence-corrected chi connectivity index (χ2v) is 18.4. The average molecular weight is 841 g/mol. The normalized spacial score (nSPS) is 14.2. The van der Waals surface area contributed by atoms with Gasteiger partial charge >= 0.3 is 0 Å². The van der Waals surface area contributed by atoms with Gasteiger partial charge in [0.25, 0.3) is 0 Å². The molecule has 0 aliphatic heterocycles. The van der Waals surface area contributed by atoms with Crippen LogP contribution in [-0.2, 0) is 12.8 Å². The molecule has 6 heteroatoms. The maximum absolute atomic E-state index is 3.64. The molecule has 0 saturated heterocycles. The molecule has 0 atom stereocenters.